The van der Waals surface area contributed by atoms with Gasteiger partial charge in [-0.05, 0) is 0 Å². The summed E-state index contributed by atoms with van der Waals surface area (Å²) in [7, 11) is 0. The third-order valence-corrected chi connectivity index (χ3v) is 0.187. The van der Waals surface area contributed by atoms with Crippen molar-refractivity contribution in [2.75, 3.05) is 0 Å². The molecule has 5 nitrogen and oxygen atoms in total. The maximum atomic E-state index is 9.09. The van der Waals surface area contributed by atoms with Gasteiger partial charge < -0.3 is 15.5 Å². The molecule has 0 fully saturated rings. The third-order valence-electron chi connectivity index (χ3n) is 0.187. The lowest BCUT2D eigenvalue weighted by atomic mass is 11.2. The number of rotatable bonds is 0. The fourth-order valence-electron chi connectivity index (χ4n) is 0. The van der Waals surface area contributed by atoms with E-state index in [2.05, 4.69) is 5.73 Å². The second-order valence-electron chi connectivity index (χ2n) is 0.615. The number of amidine groups is 1. The fraction of sp³-hybridized carbons (Fsp3) is 0. The van der Waals surface area contributed by atoms with E-state index in [1.54, 1.807) is 0 Å². The average molecular weight is 91.0 g/mol. The van der Waals surface area contributed by atoms with Gasteiger partial charge in [0.1, 0.15) is 0 Å². The van der Waals surface area contributed by atoms with Gasteiger partial charge in [-0.25, -0.2) is 4.90 Å². The first-order valence-corrected chi connectivity index (χ1v) is 1.10. The van der Waals surface area contributed by atoms with Crippen LogP contribution in [0.5, 0.6) is 0 Å². The average Bonchev–Trinajstić information content (AvgIpc) is 1.36. The maximum Gasteiger partial charge on any atom is 0.445 e. The van der Waals surface area contributed by atoms with E-state index in [-0.39, 0.29) is 0 Å². The highest BCUT2D eigenvalue weighted by Gasteiger charge is 1.79. The fourth-order valence-corrected chi connectivity index (χ4v) is 0. The molecule has 0 saturated heterocycles. The summed E-state index contributed by atoms with van der Waals surface area (Å²) < 4.78 is 0. The van der Waals surface area contributed by atoms with Crippen molar-refractivity contribution in [3.63, 3.8) is 0 Å². The lowest BCUT2D eigenvalue weighted by Gasteiger charge is -2.07. The van der Waals surface area contributed by atoms with Crippen molar-refractivity contribution >= 4 is 6.02 Å². The molecule has 0 atom stereocenters. The molecule has 6 heavy (non-hydrogen) atoms. The Labute approximate surface area is 33.5 Å². The first-order valence-electron chi connectivity index (χ1n) is 1.10. The second kappa shape index (κ2) is 1.34. The lowest BCUT2D eigenvalue weighted by molar-refractivity contribution is -0.390. The molecule has 0 aliphatic heterocycles. The lowest BCUT2D eigenvalue weighted by Crippen LogP contribution is -2.19. The van der Waals surface area contributed by atoms with E-state index in [1.807, 2.05) is 0 Å². The monoisotopic (exact) mass is 91.0 g/mol. The van der Waals surface area contributed by atoms with Gasteiger partial charge in [0, 0.05) is 0 Å². The highest BCUT2D eigenvalue weighted by Crippen LogP contribution is 1.55. The van der Waals surface area contributed by atoms with Crippen LogP contribution in [0, 0.1) is 10.4 Å². The minimum absolute atomic E-state index is 1.08. The highest BCUT2D eigenvalue weighted by atomic mass is 16.8. The van der Waals surface area contributed by atoms with Gasteiger partial charge in [0.25, 0.3) is 0 Å². The Morgan fingerprint density at radius 2 is 1.83 bits per heavy atom. The van der Waals surface area contributed by atoms with Gasteiger partial charge in [0.2, 0.25) is 0 Å². The molecule has 0 unspecified atom stereocenters. The van der Waals surface area contributed by atoms with Gasteiger partial charge in [-0.2, -0.15) is 0 Å². The van der Waals surface area contributed by atoms with Crippen LogP contribution in [0.25, 0.3) is 0 Å². The van der Waals surface area contributed by atoms with Crippen molar-refractivity contribution < 1.29 is 10.0 Å². The molecule has 3 N–H and O–H groups in total. The van der Waals surface area contributed by atoms with Gasteiger partial charge in [-0.3, -0.25) is 5.73 Å². The van der Waals surface area contributed by atoms with Gasteiger partial charge in [0.15, 0.2) is 0 Å². The molecule has 0 aromatic carbocycles. The quantitative estimate of drug-likeness (QED) is 0.170. The molecule has 0 radical (unpaired) electrons. The summed E-state index contributed by atoms with van der Waals surface area (Å²) in [6.45, 7) is 0. The van der Waals surface area contributed by atoms with Gasteiger partial charge in [-0.1, -0.05) is 0 Å². The molecule has 0 heterocycles. The second-order valence-corrected chi connectivity index (χ2v) is 0.615. The Bertz CT molecular complexity index is 58.9. The van der Waals surface area contributed by atoms with Gasteiger partial charge in [-0.15, -0.1) is 0 Å². The number of hydrogen-bond acceptors (Lipinski definition) is 2. The summed E-state index contributed by atoms with van der Waals surface area (Å²) >= 11 is 0. The van der Waals surface area contributed by atoms with E-state index in [4.69, 9.17) is 15.5 Å². The van der Waals surface area contributed by atoms with Crippen molar-refractivity contribution in [3.05, 3.63) is 10.4 Å². The van der Waals surface area contributed by atoms with Crippen LogP contribution >= 0.6 is 0 Å². The molecule has 36 valence electrons. The van der Waals surface area contributed by atoms with Crippen LogP contribution in [0.1, 0.15) is 0 Å². The van der Waals surface area contributed by atoms with Crippen LogP contribution in [0.4, 0.5) is 0 Å². The van der Waals surface area contributed by atoms with E-state index < -0.39 is 10.9 Å². The Kier molecular flexibility index (Phi) is 1.09. The number of nitrogens with zero attached hydrogens (tertiary/aromatic N) is 1. The zero-order chi connectivity index (χ0) is 5.15. The largest absolute Gasteiger partial charge is 0.710 e. The zero-order valence-electron chi connectivity index (χ0n) is 2.79. The van der Waals surface area contributed by atoms with Crippen LogP contribution in [-0.2, 0) is 0 Å². The SMILES string of the molecule is NC(O)=[N+]([O-])[O-]. The van der Waals surface area contributed by atoms with E-state index in [1.165, 1.54) is 0 Å². The summed E-state index contributed by atoms with van der Waals surface area (Å²) in [5.74, 6) is 0. The summed E-state index contributed by atoms with van der Waals surface area (Å²) in [5.41, 5.74) is 4.21. The molecule has 0 aliphatic carbocycles. The minimum atomic E-state index is -1.27. The summed E-state index contributed by atoms with van der Waals surface area (Å²) in [6, 6.07) is -1.27. The van der Waals surface area contributed by atoms with Crippen molar-refractivity contribution in [2.24, 2.45) is 5.73 Å². The van der Waals surface area contributed by atoms with Crippen LogP contribution in [-0.4, -0.2) is 16.0 Å². The van der Waals surface area contributed by atoms with Crippen molar-refractivity contribution in [2.45, 2.75) is 0 Å². The summed E-state index contributed by atoms with van der Waals surface area (Å²) in [6.07, 6.45) is 0. The van der Waals surface area contributed by atoms with Crippen LogP contribution < -0.4 is 5.73 Å². The topological polar surface area (TPSA) is 95.4 Å². The molecule has 0 aromatic rings. The van der Waals surface area contributed by atoms with E-state index in [0.29, 0.717) is 0 Å². The van der Waals surface area contributed by atoms with Crippen LogP contribution in [0.3, 0.4) is 0 Å². The molecule has 0 aromatic heterocycles. The summed E-state index contributed by atoms with van der Waals surface area (Å²) in [5, 5.41) is 25.8. The van der Waals surface area contributed by atoms with E-state index >= 15 is 0 Å². The van der Waals surface area contributed by atoms with Crippen LogP contribution in [0.2, 0.25) is 0 Å². The number of aliphatic hydroxyl groups is 1. The maximum absolute atomic E-state index is 9.09. The van der Waals surface area contributed by atoms with Crippen molar-refractivity contribution in [1.29, 1.82) is 0 Å². The van der Waals surface area contributed by atoms with Crippen molar-refractivity contribution in [1.82, 2.24) is 0 Å². The Morgan fingerprint density at radius 3 is 1.83 bits per heavy atom. The number of hydrogen-bond donors (Lipinski definition) is 2. The Morgan fingerprint density at radius 1 is 1.67 bits per heavy atom. The first kappa shape index (κ1) is 4.87. The van der Waals surface area contributed by atoms with Gasteiger partial charge >= 0.3 is 6.02 Å². The first-order chi connectivity index (χ1) is 2.64. The standard InChI is InChI=1S/CH3N2O3/c2-1(4)3(5)6/h2H2,(H-,4,5,6)/q-1. The Hall–Kier alpha value is -1.13. The molecule has 5 heteroatoms. The molecule has 0 spiro atoms. The van der Waals surface area contributed by atoms with Gasteiger partial charge in [0.05, 0.1) is 0 Å². The molecule has 0 amide bonds. The third kappa shape index (κ3) is 1.22. The molecular weight excluding hydrogens is 88.0 g/mol. The molecule has 0 saturated carbocycles. The van der Waals surface area contributed by atoms with E-state index in [9.17, 15) is 0 Å². The predicted octanol–water partition coefficient (Wildman–Crippen LogP) is -1.13. The highest BCUT2D eigenvalue weighted by molar-refractivity contribution is 5.62. The molecule has 0 rings (SSSR count). The van der Waals surface area contributed by atoms with E-state index in [0.717, 1.165) is 0 Å². The zero-order valence-corrected chi connectivity index (χ0v) is 2.79. The molecule has 0 aliphatic rings. The Balaban J connectivity index is 3.68. The summed E-state index contributed by atoms with van der Waals surface area (Å²) in [4.78, 5) is -1.08. The smallest absolute Gasteiger partial charge is 0.445 e. The predicted molar refractivity (Wildman–Crippen MR) is 18.8 cm³/mol. The van der Waals surface area contributed by atoms with Crippen LogP contribution in [0.15, 0.2) is 0 Å². The normalized spacial score (nSPS) is 7.33. The molecule has 0 bridgehead atoms. The minimum Gasteiger partial charge on any atom is -0.710 e. The number of nitrogens with two attached hydrogens (primary N) is 1. The molecular formula is CH3N2O3-. The van der Waals surface area contributed by atoms with Crippen molar-refractivity contribution in [3.8, 4) is 0 Å². The number of aliphatic hydroxyl groups excluding tert-OH is 1.